The number of carbonyl (C=O) groups excluding carboxylic acids is 1. The van der Waals surface area contributed by atoms with Crippen molar-refractivity contribution in [3.63, 3.8) is 0 Å². The van der Waals surface area contributed by atoms with E-state index in [2.05, 4.69) is 21.9 Å². The molecule has 1 aromatic rings. The van der Waals surface area contributed by atoms with Gasteiger partial charge in [-0.1, -0.05) is 36.3 Å². The largest absolute Gasteiger partial charge is 0.459 e. The van der Waals surface area contributed by atoms with Gasteiger partial charge in [0.15, 0.2) is 0 Å². The topological polar surface area (TPSA) is 38.3 Å². The van der Waals surface area contributed by atoms with E-state index in [0.29, 0.717) is 6.54 Å². The van der Waals surface area contributed by atoms with Crippen LogP contribution in [-0.4, -0.2) is 19.6 Å². The second-order valence-electron chi connectivity index (χ2n) is 2.88. The molecule has 0 unspecified atom stereocenters. The summed E-state index contributed by atoms with van der Waals surface area (Å²) >= 11 is 0. The lowest BCUT2D eigenvalue weighted by Gasteiger charge is -1.99. The molecule has 0 spiro atoms. The lowest BCUT2D eigenvalue weighted by Crippen LogP contribution is -2.13. The Bertz CT molecular complexity index is 362. The number of benzene rings is 1. The third-order valence-electron chi connectivity index (χ3n) is 1.76. The summed E-state index contributed by atoms with van der Waals surface area (Å²) < 4.78 is 4.37. The molecule has 0 radical (unpaired) electrons. The summed E-state index contributed by atoms with van der Waals surface area (Å²) in [5.41, 5.74) is 1.19. The zero-order chi connectivity index (χ0) is 10.9. The van der Waals surface area contributed by atoms with Crippen LogP contribution in [0.2, 0.25) is 0 Å². The first kappa shape index (κ1) is 11.3. The first-order valence-corrected chi connectivity index (χ1v) is 4.64. The Morgan fingerprint density at radius 3 is 2.80 bits per heavy atom. The highest BCUT2D eigenvalue weighted by Crippen LogP contribution is 1.96. The minimum atomic E-state index is -0.503. The molecule has 3 heteroatoms. The van der Waals surface area contributed by atoms with E-state index in [1.54, 1.807) is 0 Å². The van der Waals surface area contributed by atoms with Crippen molar-refractivity contribution in [2.45, 2.75) is 6.54 Å². The average Bonchev–Trinajstić information content (AvgIpc) is 2.29. The predicted octanol–water partition coefficient (Wildman–Crippen LogP) is 0.953. The standard InChI is InChI=1S/C12H13NO2/c1-15-12(14)8-5-9-13-10-11-6-3-2-4-7-11/h2-4,6-7,13H,9-10H2,1H3. The van der Waals surface area contributed by atoms with Crippen LogP contribution in [0.25, 0.3) is 0 Å². The number of ether oxygens (including phenoxy) is 1. The Morgan fingerprint density at radius 1 is 1.40 bits per heavy atom. The second-order valence-corrected chi connectivity index (χ2v) is 2.88. The van der Waals surface area contributed by atoms with Crippen LogP contribution in [-0.2, 0) is 16.1 Å². The van der Waals surface area contributed by atoms with E-state index >= 15 is 0 Å². The predicted molar refractivity (Wildman–Crippen MR) is 57.9 cm³/mol. The molecule has 78 valence electrons. The van der Waals surface area contributed by atoms with Gasteiger partial charge in [-0.3, -0.25) is 0 Å². The molecule has 0 heterocycles. The van der Waals surface area contributed by atoms with E-state index in [1.165, 1.54) is 12.7 Å². The van der Waals surface area contributed by atoms with E-state index in [9.17, 15) is 4.79 Å². The molecule has 0 aliphatic heterocycles. The van der Waals surface area contributed by atoms with Gasteiger partial charge in [0.1, 0.15) is 0 Å². The Labute approximate surface area is 89.4 Å². The van der Waals surface area contributed by atoms with Crippen molar-refractivity contribution in [1.82, 2.24) is 5.32 Å². The van der Waals surface area contributed by atoms with Crippen molar-refractivity contribution >= 4 is 5.97 Å². The van der Waals surface area contributed by atoms with E-state index < -0.39 is 5.97 Å². The quantitative estimate of drug-likeness (QED) is 0.344. The number of nitrogens with one attached hydrogen (secondary N) is 1. The van der Waals surface area contributed by atoms with Crippen molar-refractivity contribution in [2.24, 2.45) is 0 Å². The van der Waals surface area contributed by atoms with Gasteiger partial charge in [0.05, 0.1) is 13.7 Å². The smallest absolute Gasteiger partial charge is 0.384 e. The van der Waals surface area contributed by atoms with Crippen LogP contribution in [0.3, 0.4) is 0 Å². The molecule has 15 heavy (non-hydrogen) atoms. The van der Waals surface area contributed by atoms with Crippen molar-refractivity contribution in [3.8, 4) is 11.8 Å². The van der Waals surface area contributed by atoms with Crippen molar-refractivity contribution in [2.75, 3.05) is 13.7 Å². The van der Waals surface area contributed by atoms with Crippen molar-refractivity contribution in [3.05, 3.63) is 35.9 Å². The van der Waals surface area contributed by atoms with Gasteiger partial charge >= 0.3 is 5.97 Å². The molecule has 1 aromatic carbocycles. The van der Waals surface area contributed by atoms with Crippen LogP contribution in [0.5, 0.6) is 0 Å². The monoisotopic (exact) mass is 203 g/mol. The minimum absolute atomic E-state index is 0.476. The molecule has 1 N–H and O–H groups in total. The van der Waals surface area contributed by atoms with Gasteiger partial charge in [0.25, 0.3) is 0 Å². The minimum Gasteiger partial charge on any atom is -0.459 e. The van der Waals surface area contributed by atoms with Crippen LogP contribution in [0, 0.1) is 11.8 Å². The maximum atomic E-state index is 10.6. The molecule has 3 nitrogen and oxygen atoms in total. The Balaban J connectivity index is 2.22. The number of carbonyl (C=O) groups is 1. The first-order valence-electron chi connectivity index (χ1n) is 4.64. The fourth-order valence-corrected chi connectivity index (χ4v) is 1.03. The molecule has 0 atom stereocenters. The Hall–Kier alpha value is -1.79. The number of rotatable bonds is 3. The summed E-state index contributed by atoms with van der Waals surface area (Å²) in [6, 6.07) is 10.00. The van der Waals surface area contributed by atoms with Crippen LogP contribution >= 0.6 is 0 Å². The molecule has 0 aromatic heterocycles. The van der Waals surface area contributed by atoms with Crippen LogP contribution in [0.4, 0.5) is 0 Å². The molecule has 0 amide bonds. The summed E-state index contributed by atoms with van der Waals surface area (Å²) in [6.07, 6.45) is 0. The van der Waals surface area contributed by atoms with Crippen LogP contribution < -0.4 is 5.32 Å². The van der Waals surface area contributed by atoms with E-state index in [0.717, 1.165) is 6.54 Å². The van der Waals surface area contributed by atoms with Gasteiger partial charge < -0.3 is 10.1 Å². The molecule has 0 saturated carbocycles. The normalized spacial score (nSPS) is 8.87. The molecule has 0 fully saturated rings. The number of hydrogen-bond acceptors (Lipinski definition) is 3. The van der Waals surface area contributed by atoms with E-state index in [4.69, 9.17) is 0 Å². The highest BCUT2D eigenvalue weighted by Gasteiger charge is 1.89. The van der Waals surface area contributed by atoms with Crippen molar-refractivity contribution < 1.29 is 9.53 Å². The first-order chi connectivity index (χ1) is 7.33. The maximum absolute atomic E-state index is 10.6. The third-order valence-corrected chi connectivity index (χ3v) is 1.76. The highest BCUT2D eigenvalue weighted by atomic mass is 16.5. The maximum Gasteiger partial charge on any atom is 0.384 e. The second kappa shape index (κ2) is 6.63. The average molecular weight is 203 g/mol. The van der Waals surface area contributed by atoms with Crippen LogP contribution in [0.1, 0.15) is 5.56 Å². The van der Waals surface area contributed by atoms with Crippen LogP contribution in [0.15, 0.2) is 30.3 Å². The number of methoxy groups -OCH3 is 1. The molecule has 0 bridgehead atoms. The molecular formula is C12H13NO2. The summed E-state index contributed by atoms with van der Waals surface area (Å²) in [6.45, 7) is 1.22. The molecular weight excluding hydrogens is 190 g/mol. The van der Waals surface area contributed by atoms with Gasteiger partial charge in [-0.2, -0.15) is 0 Å². The van der Waals surface area contributed by atoms with Gasteiger partial charge in [-0.05, 0) is 5.56 Å². The summed E-state index contributed by atoms with van der Waals surface area (Å²) in [5, 5.41) is 3.10. The summed E-state index contributed by atoms with van der Waals surface area (Å²) in [5.74, 6) is 4.51. The van der Waals surface area contributed by atoms with E-state index in [1.807, 2.05) is 30.3 Å². The van der Waals surface area contributed by atoms with Gasteiger partial charge in [-0.15, -0.1) is 0 Å². The highest BCUT2D eigenvalue weighted by molar-refractivity contribution is 5.88. The SMILES string of the molecule is COC(=O)C#CCNCc1ccccc1. The summed E-state index contributed by atoms with van der Waals surface area (Å²) in [7, 11) is 1.31. The molecule has 0 aliphatic carbocycles. The molecule has 0 saturated heterocycles. The number of hydrogen-bond donors (Lipinski definition) is 1. The summed E-state index contributed by atoms with van der Waals surface area (Å²) in [4.78, 5) is 10.6. The zero-order valence-electron chi connectivity index (χ0n) is 8.62. The Kier molecular flexibility index (Phi) is 4.99. The number of esters is 1. The van der Waals surface area contributed by atoms with Gasteiger partial charge in [-0.25, -0.2) is 4.79 Å². The lowest BCUT2D eigenvalue weighted by atomic mass is 10.2. The molecule has 0 aliphatic rings. The lowest BCUT2D eigenvalue weighted by molar-refractivity contribution is -0.133. The Morgan fingerprint density at radius 2 is 2.13 bits per heavy atom. The fraction of sp³-hybridized carbons (Fsp3) is 0.250. The molecule has 1 rings (SSSR count). The zero-order valence-corrected chi connectivity index (χ0v) is 8.62. The van der Waals surface area contributed by atoms with Gasteiger partial charge in [0, 0.05) is 12.5 Å². The third kappa shape index (κ3) is 4.84. The fourth-order valence-electron chi connectivity index (χ4n) is 1.03. The van der Waals surface area contributed by atoms with Crippen molar-refractivity contribution in [1.29, 1.82) is 0 Å². The van der Waals surface area contributed by atoms with E-state index in [-0.39, 0.29) is 0 Å². The van der Waals surface area contributed by atoms with Gasteiger partial charge in [0.2, 0.25) is 0 Å².